The number of hydrogen-bond donors (Lipinski definition) is 2. The smallest absolute Gasteiger partial charge is 0.287 e. The average molecular weight is 343 g/mol. The topological polar surface area (TPSA) is 114 Å². The van der Waals surface area contributed by atoms with Gasteiger partial charge in [-0.3, -0.25) is 9.59 Å². The van der Waals surface area contributed by atoms with Crippen molar-refractivity contribution in [2.75, 3.05) is 18.8 Å². The van der Waals surface area contributed by atoms with Crippen LogP contribution in [0.5, 0.6) is 0 Å². The Morgan fingerprint density at radius 3 is 2.64 bits per heavy atom. The third kappa shape index (κ3) is 3.62. The van der Waals surface area contributed by atoms with Crippen LogP contribution < -0.4 is 11.1 Å². The minimum absolute atomic E-state index is 0.00710. The van der Waals surface area contributed by atoms with Gasteiger partial charge in [-0.15, -0.1) is 0 Å². The summed E-state index contributed by atoms with van der Waals surface area (Å²) in [4.78, 5) is 34.5. The van der Waals surface area contributed by atoms with Gasteiger partial charge in [0, 0.05) is 30.9 Å². The molecule has 2 aromatic heterocycles. The molecule has 0 saturated carbocycles. The van der Waals surface area contributed by atoms with Crippen LogP contribution in [-0.4, -0.2) is 45.8 Å². The van der Waals surface area contributed by atoms with E-state index in [0.717, 1.165) is 5.56 Å². The molecule has 8 heteroatoms. The lowest BCUT2D eigenvalue weighted by Gasteiger charge is -2.32. The van der Waals surface area contributed by atoms with E-state index in [-0.39, 0.29) is 23.7 Å². The summed E-state index contributed by atoms with van der Waals surface area (Å²) in [6, 6.07) is 1.76. The van der Waals surface area contributed by atoms with E-state index in [1.165, 1.54) is 12.5 Å². The summed E-state index contributed by atoms with van der Waals surface area (Å²) in [5.74, 6) is 0.667. The number of carbonyl (C=O) groups is 2. The standard InChI is InChI=1S/C17H21N5O3/c1-10-5-8-25-14(10)16(23)21-12-3-6-22(7-4-12)17(24)13-9-19-11(2)20-15(13)18/h5,8-9,12H,3-4,6-7H2,1-2H3,(H,21,23)(H2,18,19,20). The van der Waals surface area contributed by atoms with Gasteiger partial charge in [0.25, 0.3) is 11.8 Å². The van der Waals surface area contributed by atoms with Gasteiger partial charge in [0.05, 0.1) is 6.26 Å². The quantitative estimate of drug-likeness (QED) is 0.868. The summed E-state index contributed by atoms with van der Waals surface area (Å²) in [7, 11) is 0. The maximum absolute atomic E-state index is 12.6. The van der Waals surface area contributed by atoms with Crippen LogP contribution in [0.15, 0.2) is 22.9 Å². The number of piperidine rings is 1. The summed E-state index contributed by atoms with van der Waals surface area (Å²) < 4.78 is 5.20. The summed E-state index contributed by atoms with van der Waals surface area (Å²) in [5, 5.41) is 2.96. The van der Waals surface area contributed by atoms with Crippen LogP contribution in [0.2, 0.25) is 0 Å². The van der Waals surface area contributed by atoms with Crippen LogP contribution >= 0.6 is 0 Å². The van der Waals surface area contributed by atoms with Gasteiger partial charge in [0.1, 0.15) is 17.2 Å². The number of aryl methyl sites for hydroxylation is 2. The number of amides is 2. The van der Waals surface area contributed by atoms with Crippen LogP contribution in [0.25, 0.3) is 0 Å². The SMILES string of the molecule is Cc1ncc(C(=O)N2CCC(NC(=O)c3occc3C)CC2)c(N)n1. The van der Waals surface area contributed by atoms with Gasteiger partial charge in [-0.2, -0.15) is 0 Å². The second-order valence-electron chi connectivity index (χ2n) is 6.19. The van der Waals surface area contributed by atoms with Crippen LogP contribution in [-0.2, 0) is 0 Å². The highest BCUT2D eigenvalue weighted by molar-refractivity contribution is 5.98. The van der Waals surface area contributed by atoms with E-state index in [1.807, 2.05) is 6.92 Å². The van der Waals surface area contributed by atoms with Gasteiger partial charge in [0.15, 0.2) is 5.76 Å². The fraction of sp³-hybridized carbons (Fsp3) is 0.412. The predicted octanol–water partition coefficient (Wildman–Crippen LogP) is 1.30. The van der Waals surface area contributed by atoms with Crippen LogP contribution in [0.1, 0.15) is 45.1 Å². The summed E-state index contributed by atoms with van der Waals surface area (Å²) in [6.07, 6.45) is 4.31. The molecule has 3 N–H and O–H groups in total. The largest absolute Gasteiger partial charge is 0.459 e. The number of rotatable bonds is 3. The van der Waals surface area contributed by atoms with Gasteiger partial charge in [-0.25, -0.2) is 9.97 Å². The zero-order valence-electron chi connectivity index (χ0n) is 14.3. The van der Waals surface area contributed by atoms with Crippen molar-refractivity contribution in [3.05, 3.63) is 41.2 Å². The average Bonchev–Trinajstić information content (AvgIpc) is 3.01. The molecular weight excluding hydrogens is 322 g/mol. The maximum atomic E-state index is 12.6. The molecule has 132 valence electrons. The number of furan rings is 1. The first kappa shape index (κ1) is 16.9. The second kappa shape index (κ2) is 6.92. The molecule has 1 saturated heterocycles. The number of nitrogens with zero attached hydrogens (tertiary/aromatic N) is 3. The molecule has 8 nitrogen and oxygen atoms in total. The molecule has 1 aliphatic rings. The number of nitrogen functional groups attached to an aromatic ring is 1. The Bertz CT molecular complexity index is 793. The molecule has 0 radical (unpaired) electrons. The summed E-state index contributed by atoms with van der Waals surface area (Å²) in [5.41, 5.74) is 6.95. The van der Waals surface area contributed by atoms with E-state index < -0.39 is 0 Å². The Morgan fingerprint density at radius 2 is 2.04 bits per heavy atom. The number of carbonyl (C=O) groups excluding carboxylic acids is 2. The number of nitrogens with one attached hydrogen (secondary N) is 1. The summed E-state index contributed by atoms with van der Waals surface area (Å²) >= 11 is 0. The van der Waals surface area contributed by atoms with Crippen LogP contribution in [0.4, 0.5) is 5.82 Å². The highest BCUT2D eigenvalue weighted by atomic mass is 16.3. The van der Waals surface area contributed by atoms with Crippen LogP contribution in [0.3, 0.4) is 0 Å². The zero-order valence-corrected chi connectivity index (χ0v) is 14.3. The molecule has 0 spiro atoms. The molecule has 1 fully saturated rings. The highest BCUT2D eigenvalue weighted by Gasteiger charge is 2.27. The lowest BCUT2D eigenvalue weighted by Crippen LogP contribution is -2.46. The van der Waals surface area contributed by atoms with E-state index >= 15 is 0 Å². The van der Waals surface area contributed by atoms with E-state index in [1.54, 1.807) is 17.9 Å². The lowest BCUT2D eigenvalue weighted by atomic mass is 10.0. The first-order valence-corrected chi connectivity index (χ1v) is 8.19. The predicted molar refractivity (Wildman–Crippen MR) is 91.0 cm³/mol. The third-order valence-corrected chi connectivity index (χ3v) is 4.35. The lowest BCUT2D eigenvalue weighted by molar-refractivity contribution is 0.0696. The van der Waals surface area contributed by atoms with Gasteiger partial charge in [-0.05, 0) is 32.8 Å². The molecular formula is C17H21N5O3. The first-order chi connectivity index (χ1) is 12.0. The molecule has 0 unspecified atom stereocenters. The van der Waals surface area contributed by atoms with Crippen molar-refractivity contribution >= 4 is 17.6 Å². The van der Waals surface area contributed by atoms with E-state index in [4.69, 9.17) is 10.2 Å². The van der Waals surface area contributed by atoms with Crippen LogP contribution in [0, 0.1) is 13.8 Å². The van der Waals surface area contributed by atoms with Crippen molar-refractivity contribution in [2.45, 2.75) is 32.7 Å². The van der Waals surface area contributed by atoms with Crippen molar-refractivity contribution in [1.29, 1.82) is 0 Å². The molecule has 3 rings (SSSR count). The van der Waals surface area contributed by atoms with E-state index in [9.17, 15) is 9.59 Å². The molecule has 0 bridgehead atoms. The van der Waals surface area contributed by atoms with Gasteiger partial charge >= 0.3 is 0 Å². The first-order valence-electron chi connectivity index (χ1n) is 8.19. The van der Waals surface area contributed by atoms with E-state index in [0.29, 0.717) is 43.1 Å². The number of nitrogens with two attached hydrogens (primary N) is 1. The van der Waals surface area contributed by atoms with Gasteiger partial charge < -0.3 is 20.4 Å². The van der Waals surface area contributed by atoms with Crippen molar-refractivity contribution in [3.8, 4) is 0 Å². The fourth-order valence-corrected chi connectivity index (χ4v) is 2.91. The molecule has 3 heterocycles. The Hall–Kier alpha value is -2.90. The Balaban J connectivity index is 1.57. The maximum Gasteiger partial charge on any atom is 0.287 e. The normalized spacial score (nSPS) is 15.2. The molecule has 0 aromatic carbocycles. The molecule has 0 atom stereocenters. The Morgan fingerprint density at radius 1 is 1.32 bits per heavy atom. The van der Waals surface area contributed by atoms with Gasteiger partial charge in [0.2, 0.25) is 0 Å². The monoisotopic (exact) mass is 343 g/mol. The minimum atomic E-state index is -0.219. The van der Waals surface area contributed by atoms with Crippen molar-refractivity contribution < 1.29 is 14.0 Å². The molecule has 25 heavy (non-hydrogen) atoms. The molecule has 2 amide bonds. The van der Waals surface area contributed by atoms with E-state index in [2.05, 4.69) is 15.3 Å². The van der Waals surface area contributed by atoms with Crippen molar-refractivity contribution in [1.82, 2.24) is 20.2 Å². The zero-order chi connectivity index (χ0) is 18.0. The molecule has 1 aliphatic heterocycles. The summed E-state index contributed by atoms with van der Waals surface area (Å²) in [6.45, 7) is 4.62. The number of aromatic nitrogens is 2. The van der Waals surface area contributed by atoms with Crippen molar-refractivity contribution in [3.63, 3.8) is 0 Å². The number of anilines is 1. The Kier molecular flexibility index (Phi) is 4.69. The number of likely N-dealkylation sites (tertiary alicyclic amines) is 1. The van der Waals surface area contributed by atoms with Gasteiger partial charge in [-0.1, -0.05) is 0 Å². The fourth-order valence-electron chi connectivity index (χ4n) is 2.91. The van der Waals surface area contributed by atoms with Crippen molar-refractivity contribution in [2.24, 2.45) is 0 Å². The second-order valence-corrected chi connectivity index (χ2v) is 6.19. The Labute approximate surface area is 145 Å². The number of hydrogen-bond acceptors (Lipinski definition) is 6. The minimum Gasteiger partial charge on any atom is -0.459 e. The molecule has 0 aliphatic carbocycles. The third-order valence-electron chi connectivity index (χ3n) is 4.35. The highest BCUT2D eigenvalue weighted by Crippen LogP contribution is 2.17. The molecule has 2 aromatic rings.